The van der Waals surface area contributed by atoms with Crippen molar-refractivity contribution in [2.75, 3.05) is 0 Å². The highest BCUT2D eigenvalue weighted by Crippen LogP contribution is 2.10. The summed E-state index contributed by atoms with van der Waals surface area (Å²) in [6.07, 6.45) is 2.09. The first kappa shape index (κ1) is 7.51. The zero-order valence-electron chi connectivity index (χ0n) is 7.72. The van der Waals surface area contributed by atoms with Gasteiger partial charge in [0.1, 0.15) is 0 Å². The fourth-order valence-corrected chi connectivity index (χ4v) is 1.83. The number of benzene rings is 1. The van der Waals surface area contributed by atoms with Crippen molar-refractivity contribution in [3.8, 4) is 0 Å². The third kappa shape index (κ3) is 0.990. The van der Waals surface area contributed by atoms with Gasteiger partial charge in [-0.3, -0.25) is 0 Å². The Kier molecular flexibility index (Phi) is 1.51. The molecule has 0 spiro atoms. The van der Waals surface area contributed by atoms with E-state index < -0.39 is 0 Å². The molecule has 0 saturated heterocycles. The predicted octanol–water partition coefficient (Wildman–Crippen LogP) is 2.58. The van der Waals surface area contributed by atoms with Crippen molar-refractivity contribution in [3.63, 3.8) is 0 Å². The lowest BCUT2D eigenvalue weighted by Crippen LogP contribution is -2.21. The Morgan fingerprint density at radius 1 is 0.714 bits per heavy atom. The van der Waals surface area contributed by atoms with Gasteiger partial charge in [0.2, 0.25) is 11.0 Å². The summed E-state index contributed by atoms with van der Waals surface area (Å²) in [6, 6.07) is 18.9. The Bertz CT molecular complexity index is 544. The summed E-state index contributed by atoms with van der Waals surface area (Å²) in [6.45, 7) is 0. The van der Waals surface area contributed by atoms with E-state index in [0.717, 1.165) is 0 Å². The fourth-order valence-electron chi connectivity index (χ4n) is 1.83. The lowest BCUT2D eigenvalue weighted by Gasteiger charge is -1.95. The first-order chi connectivity index (χ1) is 6.95. The highest BCUT2D eigenvalue weighted by molar-refractivity contribution is 5.77. The second-order valence-electron chi connectivity index (χ2n) is 3.39. The van der Waals surface area contributed by atoms with E-state index in [4.69, 9.17) is 0 Å². The summed E-state index contributed by atoms with van der Waals surface area (Å²) in [5.41, 5.74) is 2.48. The highest BCUT2D eigenvalue weighted by Gasteiger charge is 2.05. The Labute approximate surface area is 82.2 Å². The number of pyridine rings is 2. The van der Waals surface area contributed by atoms with Gasteiger partial charge in [-0.15, -0.1) is 0 Å². The Balaban J connectivity index is 2.61. The van der Waals surface area contributed by atoms with Crippen molar-refractivity contribution in [2.24, 2.45) is 0 Å². The fraction of sp³-hybridized carbons (Fsp3) is 0. The van der Waals surface area contributed by atoms with Crippen molar-refractivity contribution in [1.29, 1.82) is 0 Å². The molecule has 0 atom stereocenters. The average Bonchev–Trinajstić information content (AvgIpc) is 2.29. The summed E-state index contributed by atoms with van der Waals surface area (Å²) in [5.74, 6) is 0. The Morgan fingerprint density at radius 3 is 2.57 bits per heavy atom. The second-order valence-corrected chi connectivity index (χ2v) is 3.39. The normalized spacial score (nSPS) is 10.9. The molecule has 0 aliphatic rings. The minimum atomic E-state index is 1.23. The van der Waals surface area contributed by atoms with Crippen molar-refractivity contribution in [1.82, 2.24) is 0 Å². The van der Waals surface area contributed by atoms with Crippen LogP contribution in [0.5, 0.6) is 0 Å². The van der Waals surface area contributed by atoms with Gasteiger partial charge >= 0.3 is 0 Å². The van der Waals surface area contributed by atoms with Crippen LogP contribution in [0.4, 0.5) is 0 Å². The van der Waals surface area contributed by atoms with E-state index in [1.807, 2.05) is 0 Å². The summed E-state index contributed by atoms with van der Waals surface area (Å²) in [5, 5.41) is 1.27. The van der Waals surface area contributed by atoms with Crippen LogP contribution in [0.2, 0.25) is 0 Å². The smallest absolute Gasteiger partial charge is 0.160 e. The molecule has 3 rings (SSSR count). The molecule has 0 N–H and O–H groups in total. The number of nitrogens with zero attached hydrogens (tertiary/aromatic N) is 1. The molecule has 66 valence electrons. The second kappa shape index (κ2) is 2.81. The lowest BCUT2D eigenvalue weighted by atomic mass is 10.2. The first-order valence-electron chi connectivity index (χ1n) is 4.73. The Hall–Kier alpha value is -1.89. The van der Waals surface area contributed by atoms with E-state index in [0.29, 0.717) is 0 Å². The summed E-state index contributed by atoms with van der Waals surface area (Å²) >= 11 is 0. The predicted molar refractivity (Wildman–Crippen MR) is 57.1 cm³/mol. The van der Waals surface area contributed by atoms with Gasteiger partial charge in [0.15, 0.2) is 6.20 Å². The van der Waals surface area contributed by atoms with E-state index in [1.165, 1.54) is 16.4 Å². The summed E-state index contributed by atoms with van der Waals surface area (Å²) < 4.78 is 2.20. The molecule has 14 heavy (non-hydrogen) atoms. The highest BCUT2D eigenvalue weighted by atomic mass is 14.9. The third-order valence-electron chi connectivity index (χ3n) is 2.52. The summed E-state index contributed by atoms with van der Waals surface area (Å²) in [4.78, 5) is 0. The molecular formula is C13H10N+. The maximum Gasteiger partial charge on any atom is 0.218 e. The van der Waals surface area contributed by atoms with Gasteiger partial charge in [-0.25, -0.2) is 0 Å². The molecule has 0 bridgehead atoms. The number of hydrogen-bond acceptors (Lipinski definition) is 0. The monoisotopic (exact) mass is 180 g/mol. The van der Waals surface area contributed by atoms with Gasteiger partial charge in [-0.05, 0) is 18.2 Å². The molecule has 0 unspecified atom stereocenters. The van der Waals surface area contributed by atoms with Gasteiger partial charge < -0.3 is 0 Å². The molecule has 1 heteroatoms. The van der Waals surface area contributed by atoms with E-state index in [-0.39, 0.29) is 0 Å². The van der Waals surface area contributed by atoms with Crippen LogP contribution in [-0.4, -0.2) is 0 Å². The molecule has 0 aliphatic carbocycles. The standard InChI is InChI=1S/C13H10N/c1-2-7-13-11(5-1)8-9-12-6-3-4-10-14(12)13/h1-10H/q+1. The number of fused-ring (bicyclic) bond motifs is 3. The van der Waals surface area contributed by atoms with Crippen LogP contribution in [0.1, 0.15) is 0 Å². The van der Waals surface area contributed by atoms with Crippen LogP contribution in [0, 0.1) is 0 Å². The van der Waals surface area contributed by atoms with Crippen LogP contribution in [0.3, 0.4) is 0 Å². The van der Waals surface area contributed by atoms with Crippen LogP contribution in [-0.2, 0) is 0 Å². The van der Waals surface area contributed by atoms with E-state index in [1.54, 1.807) is 0 Å². The maximum atomic E-state index is 2.20. The Morgan fingerprint density at radius 2 is 1.57 bits per heavy atom. The zero-order valence-corrected chi connectivity index (χ0v) is 7.72. The lowest BCUT2D eigenvalue weighted by molar-refractivity contribution is -0.481. The number of rotatable bonds is 0. The summed E-state index contributed by atoms with van der Waals surface area (Å²) in [7, 11) is 0. The molecule has 0 aliphatic heterocycles. The van der Waals surface area contributed by atoms with Crippen LogP contribution in [0.25, 0.3) is 16.4 Å². The third-order valence-corrected chi connectivity index (χ3v) is 2.52. The molecule has 0 saturated carbocycles. The SMILES string of the molecule is c1ccc2c(c1)ccc1cccc[n+]12. The van der Waals surface area contributed by atoms with Crippen LogP contribution in [0.15, 0.2) is 60.8 Å². The maximum absolute atomic E-state index is 2.20. The van der Waals surface area contributed by atoms with E-state index in [2.05, 4.69) is 65.2 Å². The zero-order chi connectivity index (χ0) is 9.38. The quantitative estimate of drug-likeness (QED) is 0.370. The van der Waals surface area contributed by atoms with Gasteiger partial charge in [-0.1, -0.05) is 12.1 Å². The first-order valence-corrected chi connectivity index (χ1v) is 4.73. The number of para-hydroxylation sites is 1. The van der Waals surface area contributed by atoms with Gasteiger partial charge in [0, 0.05) is 29.7 Å². The average molecular weight is 180 g/mol. The number of aromatic nitrogens is 1. The minimum absolute atomic E-state index is 1.23. The van der Waals surface area contributed by atoms with Crippen molar-refractivity contribution >= 4 is 16.4 Å². The van der Waals surface area contributed by atoms with Crippen LogP contribution < -0.4 is 4.40 Å². The van der Waals surface area contributed by atoms with Crippen LogP contribution >= 0.6 is 0 Å². The molecule has 3 aromatic rings. The minimum Gasteiger partial charge on any atom is -0.160 e. The van der Waals surface area contributed by atoms with Gasteiger partial charge in [-0.2, -0.15) is 4.40 Å². The molecule has 1 nitrogen and oxygen atoms in total. The molecule has 2 heterocycles. The van der Waals surface area contributed by atoms with Gasteiger partial charge in [0.25, 0.3) is 0 Å². The number of hydrogen-bond donors (Lipinski definition) is 0. The molecular weight excluding hydrogens is 170 g/mol. The van der Waals surface area contributed by atoms with Gasteiger partial charge in [0.05, 0.1) is 0 Å². The van der Waals surface area contributed by atoms with E-state index >= 15 is 0 Å². The van der Waals surface area contributed by atoms with Crippen molar-refractivity contribution in [2.45, 2.75) is 0 Å². The van der Waals surface area contributed by atoms with Crippen molar-refractivity contribution < 1.29 is 4.40 Å². The molecule has 2 aromatic heterocycles. The molecule has 1 aromatic carbocycles. The molecule has 0 fully saturated rings. The van der Waals surface area contributed by atoms with Crippen molar-refractivity contribution in [3.05, 3.63) is 60.8 Å². The molecule has 0 amide bonds. The molecule has 0 radical (unpaired) electrons. The largest absolute Gasteiger partial charge is 0.218 e. The van der Waals surface area contributed by atoms with E-state index in [9.17, 15) is 0 Å². The topological polar surface area (TPSA) is 4.10 Å².